The molecule has 1 amide bonds. The molecule has 0 unspecified atom stereocenters. The van der Waals surface area contributed by atoms with E-state index < -0.39 is 0 Å². The van der Waals surface area contributed by atoms with E-state index in [0.29, 0.717) is 22.8 Å². The summed E-state index contributed by atoms with van der Waals surface area (Å²) in [5, 5.41) is 4.40. The molecule has 0 saturated carbocycles. The van der Waals surface area contributed by atoms with Crippen molar-refractivity contribution in [2.24, 2.45) is 11.7 Å². The Morgan fingerprint density at radius 3 is 2.77 bits per heavy atom. The van der Waals surface area contributed by atoms with Gasteiger partial charge < -0.3 is 10.6 Å². The van der Waals surface area contributed by atoms with Crippen molar-refractivity contribution in [2.45, 2.75) is 13.3 Å². The molecule has 1 atom stereocenters. The Bertz CT molecular complexity index is 680. The van der Waals surface area contributed by atoms with E-state index >= 15 is 0 Å². The van der Waals surface area contributed by atoms with Crippen LogP contribution in [0.5, 0.6) is 0 Å². The normalized spacial score (nSPS) is 18.0. The fraction of sp³-hybridized carbons (Fsp3) is 0.375. The van der Waals surface area contributed by atoms with E-state index in [2.05, 4.69) is 21.0 Å². The van der Waals surface area contributed by atoms with Gasteiger partial charge in [0.1, 0.15) is 10.3 Å². The lowest BCUT2D eigenvalue weighted by Gasteiger charge is -2.17. The van der Waals surface area contributed by atoms with Gasteiger partial charge in [-0.15, -0.1) is 0 Å². The van der Waals surface area contributed by atoms with Crippen molar-refractivity contribution in [1.82, 2.24) is 14.7 Å². The summed E-state index contributed by atoms with van der Waals surface area (Å²) in [5.41, 5.74) is 8.35. The topological polar surface area (TPSA) is 64.2 Å². The molecule has 22 heavy (non-hydrogen) atoms. The summed E-state index contributed by atoms with van der Waals surface area (Å²) in [6.45, 7) is 4.15. The highest BCUT2D eigenvalue weighted by atomic mass is 79.9. The number of nitrogens with zero attached hydrogens (tertiary/aromatic N) is 3. The zero-order chi connectivity index (χ0) is 15.7. The fourth-order valence-electron chi connectivity index (χ4n) is 2.76. The standard InChI is InChI=1S/C16H19BrN4O/c1-11-2-4-13(5-3-11)21-14(8-15(17)19-21)16(22)20-7-6-12(9-18)10-20/h2-5,8,12H,6-7,9-10,18H2,1H3/t12-/m1/s1. The number of carbonyl (C=O) groups excluding carboxylic acids is 1. The molecule has 0 aliphatic carbocycles. The quantitative estimate of drug-likeness (QED) is 0.911. The summed E-state index contributed by atoms with van der Waals surface area (Å²) in [6, 6.07) is 9.74. The zero-order valence-corrected chi connectivity index (χ0v) is 14.1. The third kappa shape index (κ3) is 2.94. The Kier molecular flexibility index (Phi) is 4.31. The lowest BCUT2D eigenvalue weighted by molar-refractivity contribution is 0.0778. The summed E-state index contributed by atoms with van der Waals surface area (Å²) >= 11 is 3.37. The SMILES string of the molecule is Cc1ccc(-n2nc(Br)cc2C(=O)N2CC[C@H](CN)C2)cc1. The number of nitrogens with two attached hydrogens (primary N) is 1. The van der Waals surface area contributed by atoms with E-state index in [1.165, 1.54) is 5.56 Å². The van der Waals surface area contributed by atoms with E-state index in [9.17, 15) is 4.79 Å². The van der Waals surface area contributed by atoms with Crippen molar-refractivity contribution in [1.29, 1.82) is 0 Å². The van der Waals surface area contributed by atoms with Crippen LogP contribution in [-0.4, -0.2) is 40.2 Å². The lowest BCUT2D eigenvalue weighted by Crippen LogP contribution is -2.31. The molecule has 1 fully saturated rings. The van der Waals surface area contributed by atoms with Crippen LogP contribution in [0.15, 0.2) is 34.9 Å². The molecule has 1 aromatic heterocycles. The maximum absolute atomic E-state index is 12.8. The van der Waals surface area contributed by atoms with Gasteiger partial charge in [0.05, 0.1) is 5.69 Å². The molecule has 2 heterocycles. The largest absolute Gasteiger partial charge is 0.337 e. The Balaban J connectivity index is 1.91. The summed E-state index contributed by atoms with van der Waals surface area (Å²) in [5.74, 6) is 0.415. The maximum atomic E-state index is 12.8. The van der Waals surface area contributed by atoms with Gasteiger partial charge in [-0.05, 0) is 53.9 Å². The van der Waals surface area contributed by atoms with Crippen LogP contribution in [0.2, 0.25) is 0 Å². The van der Waals surface area contributed by atoms with Gasteiger partial charge in [0, 0.05) is 19.2 Å². The van der Waals surface area contributed by atoms with Crippen LogP contribution in [0.1, 0.15) is 22.5 Å². The van der Waals surface area contributed by atoms with Crippen LogP contribution in [0.3, 0.4) is 0 Å². The lowest BCUT2D eigenvalue weighted by atomic mass is 10.1. The van der Waals surface area contributed by atoms with E-state index in [1.807, 2.05) is 36.1 Å². The molecule has 1 aliphatic rings. The van der Waals surface area contributed by atoms with Crippen molar-refractivity contribution < 1.29 is 4.79 Å². The van der Waals surface area contributed by atoms with Crippen LogP contribution in [0, 0.1) is 12.8 Å². The molecule has 2 aromatic rings. The van der Waals surface area contributed by atoms with E-state index in [0.717, 1.165) is 25.2 Å². The summed E-state index contributed by atoms with van der Waals surface area (Å²) < 4.78 is 2.35. The minimum atomic E-state index is 0.00900. The van der Waals surface area contributed by atoms with E-state index in [4.69, 9.17) is 5.73 Å². The number of carbonyl (C=O) groups is 1. The molecule has 1 saturated heterocycles. The number of rotatable bonds is 3. The molecule has 6 heteroatoms. The number of aryl methyl sites for hydroxylation is 1. The molecular weight excluding hydrogens is 344 g/mol. The van der Waals surface area contributed by atoms with Crippen molar-refractivity contribution in [2.75, 3.05) is 19.6 Å². The first-order chi connectivity index (χ1) is 10.6. The Hall–Kier alpha value is -1.66. The van der Waals surface area contributed by atoms with Gasteiger partial charge in [0.15, 0.2) is 0 Å². The number of halogens is 1. The van der Waals surface area contributed by atoms with Crippen molar-refractivity contribution in [3.8, 4) is 5.69 Å². The molecule has 0 bridgehead atoms. The Morgan fingerprint density at radius 2 is 2.14 bits per heavy atom. The van der Waals surface area contributed by atoms with Gasteiger partial charge in [-0.25, -0.2) is 4.68 Å². The first-order valence-electron chi connectivity index (χ1n) is 7.40. The predicted molar refractivity (Wildman–Crippen MR) is 89.1 cm³/mol. The molecular formula is C16H19BrN4O. The molecule has 3 rings (SSSR count). The molecule has 5 nitrogen and oxygen atoms in total. The third-order valence-corrected chi connectivity index (χ3v) is 4.47. The monoisotopic (exact) mass is 362 g/mol. The number of hydrogen-bond acceptors (Lipinski definition) is 3. The van der Waals surface area contributed by atoms with Crippen molar-refractivity contribution in [3.05, 3.63) is 46.2 Å². The van der Waals surface area contributed by atoms with Crippen LogP contribution in [0.25, 0.3) is 5.69 Å². The second kappa shape index (κ2) is 6.22. The highest BCUT2D eigenvalue weighted by Crippen LogP contribution is 2.22. The van der Waals surface area contributed by atoms with Gasteiger partial charge in [-0.2, -0.15) is 5.10 Å². The fourth-order valence-corrected chi connectivity index (χ4v) is 3.13. The molecule has 1 aromatic carbocycles. The summed E-state index contributed by atoms with van der Waals surface area (Å²) in [6.07, 6.45) is 0.974. The summed E-state index contributed by atoms with van der Waals surface area (Å²) in [4.78, 5) is 14.7. The Labute approximate surface area is 138 Å². The smallest absolute Gasteiger partial charge is 0.272 e. The second-order valence-electron chi connectivity index (χ2n) is 5.74. The number of hydrogen-bond donors (Lipinski definition) is 1. The highest BCUT2D eigenvalue weighted by Gasteiger charge is 2.28. The first kappa shape index (κ1) is 15.2. The maximum Gasteiger partial charge on any atom is 0.272 e. The van der Waals surface area contributed by atoms with Crippen LogP contribution < -0.4 is 5.73 Å². The summed E-state index contributed by atoms with van der Waals surface area (Å²) in [7, 11) is 0. The van der Waals surface area contributed by atoms with Crippen LogP contribution >= 0.6 is 15.9 Å². The van der Waals surface area contributed by atoms with Gasteiger partial charge in [-0.3, -0.25) is 4.79 Å². The van der Waals surface area contributed by atoms with E-state index in [1.54, 1.807) is 10.7 Å². The van der Waals surface area contributed by atoms with Crippen molar-refractivity contribution in [3.63, 3.8) is 0 Å². The van der Waals surface area contributed by atoms with Gasteiger partial charge in [-0.1, -0.05) is 17.7 Å². The zero-order valence-electron chi connectivity index (χ0n) is 12.5. The first-order valence-corrected chi connectivity index (χ1v) is 8.19. The second-order valence-corrected chi connectivity index (χ2v) is 6.55. The molecule has 2 N–H and O–H groups in total. The molecule has 0 spiro atoms. The van der Waals surface area contributed by atoms with Gasteiger partial charge in [0.25, 0.3) is 5.91 Å². The third-order valence-electron chi connectivity index (χ3n) is 4.08. The van der Waals surface area contributed by atoms with Crippen LogP contribution in [0.4, 0.5) is 0 Å². The average Bonchev–Trinajstić information content (AvgIpc) is 3.14. The van der Waals surface area contributed by atoms with Gasteiger partial charge >= 0.3 is 0 Å². The average molecular weight is 363 g/mol. The Morgan fingerprint density at radius 1 is 1.41 bits per heavy atom. The minimum Gasteiger partial charge on any atom is -0.337 e. The predicted octanol–water partition coefficient (Wildman–Crippen LogP) is 2.36. The minimum absolute atomic E-state index is 0.00900. The number of amides is 1. The molecule has 1 aliphatic heterocycles. The molecule has 116 valence electrons. The van der Waals surface area contributed by atoms with Crippen LogP contribution in [-0.2, 0) is 0 Å². The van der Waals surface area contributed by atoms with Crippen molar-refractivity contribution >= 4 is 21.8 Å². The number of likely N-dealkylation sites (tertiary alicyclic amines) is 1. The highest BCUT2D eigenvalue weighted by molar-refractivity contribution is 9.10. The number of aromatic nitrogens is 2. The van der Waals surface area contributed by atoms with E-state index in [-0.39, 0.29) is 5.91 Å². The van der Waals surface area contributed by atoms with Gasteiger partial charge in [0.2, 0.25) is 0 Å². The number of benzene rings is 1. The molecule has 0 radical (unpaired) electrons.